The lowest BCUT2D eigenvalue weighted by atomic mass is 10.1. The van der Waals surface area contributed by atoms with E-state index in [2.05, 4.69) is 17.7 Å². The molecule has 0 bridgehead atoms. The highest BCUT2D eigenvalue weighted by Gasteiger charge is 2.15. The summed E-state index contributed by atoms with van der Waals surface area (Å²) in [6.45, 7) is 4.84. The van der Waals surface area contributed by atoms with Gasteiger partial charge in [0, 0.05) is 31.0 Å². The topological polar surface area (TPSA) is 38.2 Å². The highest BCUT2D eigenvalue weighted by Crippen LogP contribution is 2.03. The Kier molecular flexibility index (Phi) is 3.64. The molecule has 0 aromatic carbocycles. The van der Waals surface area contributed by atoms with Gasteiger partial charge in [-0.25, -0.2) is 0 Å². The van der Waals surface area contributed by atoms with Gasteiger partial charge in [0.25, 0.3) is 0 Å². The van der Waals surface area contributed by atoms with E-state index in [4.69, 9.17) is 4.74 Å². The number of hydrogen-bond donors (Lipinski definition) is 2. The first kappa shape index (κ1) is 10.5. The summed E-state index contributed by atoms with van der Waals surface area (Å²) in [5.41, 5.74) is 3.39. The van der Waals surface area contributed by atoms with Gasteiger partial charge in [-0.3, -0.25) is 4.68 Å². The summed E-state index contributed by atoms with van der Waals surface area (Å²) < 4.78 is 7.42. The predicted octanol–water partition coefficient (Wildman–Crippen LogP) is 0.799. The van der Waals surface area contributed by atoms with Crippen LogP contribution in [0.4, 0.5) is 0 Å². The van der Waals surface area contributed by atoms with Crippen LogP contribution in [-0.4, -0.2) is 36.5 Å². The predicted molar refractivity (Wildman–Crippen MR) is 60.5 cm³/mol. The fourth-order valence-electron chi connectivity index (χ4n) is 1.93. The van der Waals surface area contributed by atoms with Gasteiger partial charge in [-0.2, -0.15) is 0 Å². The monoisotopic (exact) mass is 209 g/mol. The highest BCUT2D eigenvalue weighted by molar-refractivity contribution is 4.95. The highest BCUT2D eigenvalue weighted by atomic mass is 16.5. The van der Waals surface area contributed by atoms with Crippen molar-refractivity contribution < 1.29 is 4.74 Å². The number of nitrogens with zero attached hydrogens (tertiary/aromatic N) is 1. The van der Waals surface area contributed by atoms with E-state index in [1.54, 1.807) is 0 Å². The summed E-state index contributed by atoms with van der Waals surface area (Å²) in [5.74, 6) is 0. The Morgan fingerprint density at radius 2 is 2.33 bits per heavy atom. The quantitative estimate of drug-likeness (QED) is 0.770. The number of aromatic nitrogens is 1. The molecule has 2 rings (SSSR count). The number of rotatable bonds is 4. The molecule has 84 valence electrons. The van der Waals surface area contributed by atoms with Crippen LogP contribution in [0.5, 0.6) is 0 Å². The van der Waals surface area contributed by atoms with Crippen LogP contribution in [0.1, 0.15) is 13.3 Å². The normalized spacial score (nSPS) is 23.7. The van der Waals surface area contributed by atoms with Gasteiger partial charge in [-0.15, -0.1) is 0 Å². The van der Waals surface area contributed by atoms with Crippen molar-refractivity contribution in [3.8, 4) is 0 Å². The van der Waals surface area contributed by atoms with Gasteiger partial charge in [0.1, 0.15) is 0 Å². The van der Waals surface area contributed by atoms with Crippen LogP contribution in [0.2, 0.25) is 0 Å². The van der Waals surface area contributed by atoms with Crippen LogP contribution in [-0.2, 0) is 4.74 Å². The van der Waals surface area contributed by atoms with Crippen molar-refractivity contribution in [2.45, 2.75) is 25.4 Å². The molecule has 0 saturated carbocycles. The van der Waals surface area contributed by atoms with Crippen LogP contribution < -0.4 is 10.7 Å². The van der Waals surface area contributed by atoms with Gasteiger partial charge in [0.15, 0.2) is 0 Å². The minimum absolute atomic E-state index is 0.441. The van der Waals surface area contributed by atoms with Gasteiger partial charge in [-0.1, -0.05) is 0 Å². The van der Waals surface area contributed by atoms with E-state index in [1.165, 1.54) is 0 Å². The first-order valence-electron chi connectivity index (χ1n) is 5.55. The lowest BCUT2D eigenvalue weighted by Gasteiger charge is -2.27. The molecule has 4 heteroatoms. The second kappa shape index (κ2) is 5.19. The van der Waals surface area contributed by atoms with Crippen molar-refractivity contribution in [1.29, 1.82) is 0 Å². The van der Waals surface area contributed by atoms with E-state index in [-0.39, 0.29) is 0 Å². The lowest BCUT2D eigenvalue weighted by molar-refractivity contribution is 0.0727. The van der Waals surface area contributed by atoms with Crippen LogP contribution in [0.25, 0.3) is 0 Å². The average molecular weight is 209 g/mol. The molecule has 1 fully saturated rings. The minimum Gasteiger partial charge on any atom is -0.379 e. The zero-order valence-corrected chi connectivity index (χ0v) is 9.15. The Labute approximate surface area is 90.6 Å². The third-order valence-corrected chi connectivity index (χ3v) is 2.61. The lowest BCUT2D eigenvalue weighted by Crippen LogP contribution is -2.44. The molecule has 0 radical (unpaired) electrons. The molecule has 1 saturated heterocycles. The van der Waals surface area contributed by atoms with Crippen molar-refractivity contribution in [2.24, 2.45) is 0 Å². The first-order valence-corrected chi connectivity index (χ1v) is 5.55. The van der Waals surface area contributed by atoms with Gasteiger partial charge in [0.2, 0.25) is 0 Å². The number of morpholine rings is 1. The van der Waals surface area contributed by atoms with Crippen molar-refractivity contribution in [3.05, 3.63) is 24.5 Å². The molecule has 1 aromatic rings. The molecule has 2 unspecified atom stereocenters. The van der Waals surface area contributed by atoms with Crippen molar-refractivity contribution in [2.75, 3.05) is 25.2 Å². The maximum Gasteiger partial charge on any atom is 0.0621 e. The summed E-state index contributed by atoms with van der Waals surface area (Å²) in [5, 5.41) is 3.46. The molecule has 0 amide bonds. The van der Waals surface area contributed by atoms with E-state index in [0.29, 0.717) is 12.1 Å². The average Bonchev–Trinajstić information content (AvgIpc) is 2.71. The molecule has 0 aliphatic carbocycles. The van der Waals surface area contributed by atoms with E-state index in [0.717, 1.165) is 26.2 Å². The number of hydrogen-bond acceptors (Lipinski definition) is 3. The molecular weight excluding hydrogens is 190 g/mol. The summed E-state index contributed by atoms with van der Waals surface area (Å²) >= 11 is 0. The van der Waals surface area contributed by atoms with Gasteiger partial charge >= 0.3 is 0 Å². The maximum atomic E-state index is 5.42. The third kappa shape index (κ3) is 3.25. The Bertz CT molecular complexity index is 267. The van der Waals surface area contributed by atoms with Crippen LogP contribution in [0.3, 0.4) is 0 Å². The first-order chi connectivity index (χ1) is 7.34. The van der Waals surface area contributed by atoms with Gasteiger partial charge in [-0.05, 0) is 25.5 Å². The van der Waals surface area contributed by atoms with Crippen molar-refractivity contribution in [1.82, 2.24) is 9.99 Å². The number of ether oxygens (including phenoxy) is 1. The van der Waals surface area contributed by atoms with E-state index < -0.39 is 0 Å². The summed E-state index contributed by atoms with van der Waals surface area (Å²) in [7, 11) is 0. The molecular formula is C11H19N3O. The SMILES string of the molecule is CC(CC1COCCN1)Nn1cccc1. The zero-order valence-electron chi connectivity index (χ0n) is 9.15. The smallest absolute Gasteiger partial charge is 0.0621 e. The van der Waals surface area contributed by atoms with Crippen LogP contribution in [0.15, 0.2) is 24.5 Å². The zero-order chi connectivity index (χ0) is 10.5. The van der Waals surface area contributed by atoms with Crippen molar-refractivity contribution >= 4 is 0 Å². The molecule has 0 spiro atoms. The molecule has 2 atom stereocenters. The summed E-state index contributed by atoms with van der Waals surface area (Å²) in [4.78, 5) is 0. The van der Waals surface area contributed by atoms with Crippen LogP contribution >= 0.6 is 0 Å². The molecule has 15 heavy (non-hydrogen) atoms. The van der Waals surface area contributed by atoms with E-state index in [1.807, 2.05) is 29.2 Å². The van der Waals surface area contributed by atoms with Gasteiger partial charge in [0.05, 0.1) is 13.2 Å². The molecule has 2 heterocycles. The fraction of sp³-hybridized carbons (Fsp3) is 0.636. The minimum atomic E-state index is 0.441. The Hall–Kier alpha value is -1.00. The van der Waals surface area contributed by atoms with E-state index in [9.17, 15) is 0 Å². The fourth-order valence-corrected chi connectivity index (χ4v) is 1.93. The Balaban J connectivity index is 1.74. The molecule has 2 N–H and O–H groups in total. The standard InChI is InChI=1S/C11H19N3O/c1-10(13-14-5-2-3-6-14)8-11-9-15-7-4-12-11/h2-3,5-6,10-13H,4,7-9H2,1H3. The Morgan fingerprint density at radius 1 is 1.53 bits per heavy atom. The third-order valence-electron chi connectivity index (χ3n) is 2.61. The molecule has 4 nitrogen and oxygen atoms in total. The largest absolute Gasteiger partial charge is 0.379 e. The Morgan fingerprint density at radius 3 is 3.00 bits per heavy atom. The van der Waals surface area contributed by atoms with E-state index >= 15 is 0 Å². The molecule has 1 aliphatic heterocycles. The van der Waals surface area contributed by atoms with Crippen LogP contribution in [0, 0.1) is 0 Å². The van der Waals surface area contributed by atoms with Gasteiger partial charge < -0.3 is 15.5 Å². The second-order valence-electron chi connectivity index (χ2n) is 4.08. The van der Waals surface area contributed by atoms with Crippen molar-refractivity contribution in [3.63, 3.8) is 0 Å². The maximum absolute atomic E-state index is 5.42. The number of nitrogens with one attached hydrogen (secondary N) is 2. The summed E-state index contributed by atoms with van der Waals surface area (Å²) in [6, 6.07) is 4.96. The summed E-state index contributed by atoms with van der Waals surface area (Å²) in [6.07, 6.45) is 5.11. The molecule has 1 aliphatic rings. The molecule has 1 aromatic heterocycles. The second-order valence-corrected chi connectivity index (χ2v) is 4.08.